The average Bonchev–Trinajstić information content (AvgIpc) is 2.92. The second kappa shape index (κ2) is 9.07. The summed E-state index contributed by atoms with van der Waals surface area (Å²) in [5.41, 5.74) is 0.431. The van der Waals surface area contributed by atoms with Gasteiger partial charge in [-0.3, -0.25) is 19.3 Å². The van der Waals surface area contributed by atoms with E-state index in [1.54, 1.807) is 0 Å². The molecule has 8 heteroatoms. The van der Waals surface area contributed by atoms with Gasteiger partial charge in [0.2, 0.25) is 17.7 Å². The Labute approximate surface area is 172 Å². The molecule has 1 N–H and O–H groups in total. The SMILES string of the molecule is CC(C)CC(C(=O)Nc1ccc(SC(F)F)cc1)N1C(=O)C2CC=CCC2C1=O. The lowest BCUT2D eigenvalue weighted by Crippen LogP contribution is -2.48. The minimum atomic E-state index is -2.52. The van der Waals surface area contributed by atoms with Crippen molar-refractivity contribution in [2.45, 2.75) is 49.8 Å². The molecule has 1 saturated heterocycles. The van der Waals surface area contributed by atoms with Gasteiger partial charge in [0.15, 0.2) is 0 Å². The molecular formula is C21H24F2N2O3S. The Morgan fingerprint density at radius 1 is 1.10 bits per heavy atom. The third kappa shape index (κ3) is 4.86. The molecule has 156 valence electrons. The van der Waals surface area contributed by atoms with Gasteiger partial charge in [-0.2, -0.15) is 8.78 Å². The van der Waals surface area contributed by atoms with Crippen LogP contribution in [-0.2, 0) is 14.4 Å². The van der Waals surface area contributed by atoms with E-state index in [0.29, 0.717) is 41.6 Å². The van der Waals surface area contributed by atoms with Crippen LogP contribution in [0.25, 0.3) is 0 Å². The number of carbonyl (C=O) groups is 3. The largest absolute Gasteiger partial charge is 0.324 e. The summed E-state index contributed by atoms with van der Waals surface area (Å²) in [4.78, 5) is 40.3. The number of carbonyl (C=O) groups excluding carboxylic acids is 3. The molecule has 1 aromatic carbocycles. The number of imide groups is 1. The molecule has 1 aliphatic heterocycles. The number of nitrogens with zero attached hydrogens (tertiary/aromatic N) is 1. The summed E-state index contributed by atoms with van der Waals surface area (Å²) in [5, 5.41) is 2.73. The van der Waals surface area contributed by atoms with Crippen LogP contribution in [0.4, 0.5) is 14.5 Å². The van der Waals surface area contributed by atoms with Crippen molar-refractivity contribution in [2.24, 2.45) is 17.8 Å². The Morgan fingerprint density at radius 2 is 1.66 bits per heavy atom. The maximum Gasteiger partial charge on any atom is 0.288 e. The molecule has 3 amide bonds. The maximum atomic E-state index is 13.0. The van der Waals surface area contributed by atoms with Crippen molar-refractivity contribution in [3.63, 3.8) is 0 Å². The van der Waals surface area contributed by atoms with Gasteiger partial charge < -0.3 is 5.32 Å². The first-order chi connectivity index (χ1) is 13.8. The van der Waals surface area contributed by atoms with Gasteiger partial charge in [-0.15, -0.1) is 0 Å². The molecule has 1 fully saturated rings. The smallest absolute Gasteiger partial charge is 0.288 e. The fraction of sp³-hybridized carbons (Fsp3) is 0.476. The van der Waals surface area contributed by atoms with Crippen LogP contribution in [0.15, 0.2) is 41.3 Å². The lowest BCUT2D eigenvalue weighted by atomic mass is 9.85. The molecule has 0 spiro atoms. The van der Waals surface area contributed by atoms with Gasteiger partial charge in [-0.1, -0.05) is 37.8 Å². The van der Waals surface area contributed by atoms with E-state index in [-0.39, 0.29) is 29.6 Å². The highest BCUT2D eigenvalue weighted by Crippen LogP contribution is 2.37. The van der Waals surface area contributed by atoms with Crippen LogP contribution in [0, 0.1) is 17.8 Å². The quantitative estimate of drug-likeness (QED) is 0.404. The molecule has 2 aliphatic rings. The van der Waals surface area contributed by atoms with Crippen molar-refractivity contribution in [1.29, 1.82) is 0 Å². The Bertz CT molecular complexity index is 785. The van der Waals surface area contributed by atoms with E-state index >= 15 is 0 Å². The monoisotopic (exact) mass is 422 g/mol. The second-order valence-corrected chi connectivity index (χ2v) is 8.80. The summed E-state index contributed by atoms with van der Waals surface area (Å²) in [5.74, 6) is -4.21. The lowest BCUT2D eigenvalue weighted by molar-refractivity contribution is -0.147. The van der Waals surface area contributed by atoms with E-state index in [1.807, 2.05) is 26.0 Å². The van der Waals surface area contributed by atoms with Crippen LogP contribution < -0.4 is 5.32 Å². The van der Waals surface area contributed by atoms with E-state index in [1.165, 1.54) is 24.3 Å². The van der Waals surface area contributed by atoms with E-state index in [9.17, 15) is 23.2 Å². The fourth-order valence-corrected chi connectivity index (χ4v) is 4.35. The highest BCUT2D eigenvalue weighted by molar-refractivity contribution is 7.99. The number of halogens is 2. The van der Waals surface area contributed by atoms with E-state index in [0.717, 1.165) is 4.90 Å². The molecule has 0 radical (unpaired) electrons. The molecule has 3 rings (SSSR count). The van der Waals surface area contributed by atoms with Gasteiger partial charge in [-0.05, 0) is 49.4 Å². The number of alkyl halides is 2. The number of hydrogen-bond acceptors (Lipinski definition) is 4. The first-order valence-electron chi connectivity index (χ1n) is 9.65. The van der Waals surface area contributed by atoms with Crippen molar-refractivity contribution in [3.05, 3.63) is 36.4 Å². The number of hydrogen-bond donors (Lipinski definition) is 1. The van der Waals surface area contributed by atoms with Crippen LogP contribution in [-0.4, -0.2) is 34.4 Å². The molecule has 1 aliphatic carbocycles. The third-order valence-electron chi connectivity index (χ3n) is 5.20. The highest BCUT2D eigenvalue weighted by Gasteiger charge is 2.51. The molecule has 29 heavy (non-hydrogen) atoms. The standard InChI is InChI=1S/C21H24F2N2O3S/c1-12(2)11-17(25-19(27)15-5-3-4-6-16(15)20(25)28)18(26)24-13-7-9-14(10-8-13)29-21(22)23/h3-4,7-10,12,15-17,21H,5-6,11H2,1-2H3,(H,24,26). The number of benzene rings is 1. The van der Waals surface area contributed by atoms with E-state index in [4.69, 9.17) is 0 Å². The van der Waals surface area contributed by atoms with Crippen molar-refractivity contribution < 1.29 is 23.2 Å². The van der Waals surface area contributed by atoms with Gasteiger partial charge in [0.05, 0.1) is 11.8 Å². The molecule has 0 aromatic heterocycles. The average molecular weight is 422 g/mol. The minimum Gasteiger partial charge on any atom is -0.324 e. The van der Waals surface area contributed by atoms with Crippen LogP contribution in [0.5, 0.6) is 0 Å². The Kier molecular flexibility index (Phi) is 6.72. The summed E-state index contributed by atoms with van der Waals surface area (Å²) in [6.07, 6.45) is 5.21. The lowest BCUT2D eigenvalue weighted by Gasteiger charge is -2.27. The molecule has 1 heterocycles. The fourth-order valence-electron chi connectivity index (χ4n) is 3.85. The molecule has 5 nitrogen and oxygen atoms in total. The number of amides is 3. The zero-order chi connectivity index (χ0) is 21.1. The Hall–Kier alpha value is -2.22. The minimum absolute atomic E-state index is 0.0944. The van der Waals surface area contributed by atoms with Crippen molar-refractivity contribution in [1.82, 2.24) is 4.90 Å². The number of fused-ring (bicyclic) bond motifs is 1. The zero-order valence-electron chi connectivity index (χ0n) is 16.3. The summed E-state index contributed by atoms with van der Waals surface area (Å²) in [7, 11) is 0. The maximum absolute atomic E-state index is 13.0. The predicted octanol–water partition coefficient (Wildman–Crippen LogP) is 4.31. The van der Waals surface area contributed by atoms with Gasteiger partial charge in [0, 0.05) is 10.6 Å². The third-order valence-corrected chi connectivity index (χ3v) is 5.92. The molecule has 3 unspecified atom stereocenters. The zero-order valence-corrected chi connectivity index (χ0v) is 17.1. The number of likely N-dealkylation sites (tertiary alicyclic amines) is 1. The highest BCUT2D eigenvalue weighted by atomic mass is 32.2. The summed E-state index contributed by atoms with van der Waals surface area (Å²) < 4.78 is 24.9. The number of anilines is 1. The molecule has 0 bridgehead atoms. The molecule has 1 aromatic rings. The van der Waals surface area contributed by atoms with Gasteiger partial charge in [0.1, 0.15) is 6.04 Å². The predicted molar refractivity (Wildman–Crippen MR) is 107 cm³/mol. The van der Waals surface area contributed by atoms with Crippen LogP contribution in [0.3, 0.4) is 0 Å². The Balaban J connectivity index is 1.77. The van der Waals surface area contributed by atoms with Crippen LogP contribution >= 0.6 is 11.8 Å². The molecule has 3 atom stereocenters. The van der Waals surface area contributed by atoms with Crippen molar-refractivity contribution in [3.8, 4) is 0 Å². The van der Waals surface area contributed by atoms with Crippen molar-refractivity contribution >= 4 is 35.2 Å². The van der Waals surface area contributed by atoms with E-state index < -0.39 is 17.7 Å². The molecule has 0 saturated carbocycles. The van der Waals surface area contributed by atoms with Gasteiger partial charge in [0.25, 0.3) is 5.76 Å². The van der Waals surface area contributed by atoms with E-state index in [2.05, 4.69) is 5.32 Å². The normalized spacial score (nSPS) is 22.3. The summed E-state index contributed by atoms with van der Waals surface area (Å²) in [6.45, 7) is 3.85. The number of allylic oxidation sites excluding steroid dienone is 2. The summed E-state index contributed by atoms with van der Waals surface area (Å²) in [6, 6.07) is 5.17. The molecular weight excluding hydrogens is 398 g/mol. The van der Waals surface area contributed by atoms with Crippen LogP contribution in [0.1, 0.15) is 33.1 Å². The first-order valence-corrected chi connectivity index (χ1v) is 10.5. The first kappa shape index (κ1) is 21.5. The number of nitrogens with one attached hydrogen (secondary N) is 1. The van der Waals surface area contributed by atoms with Gasteiger partial charge in [-0.25, -0.2) is 0 Å². The van der Waals surface area contributed by atoms with Gasteiger partial charge >= 0.3 is 0 Å². The Morgan fingerprint density at radius 3 is 2.14 bits per heavy atom. The number of rotatable bonds is 7. The topological polar surface area (TPSA) is 66.5 Å². The number of thioether (sulfide) groups is 1. The van der Waals surface area contributed by atoms with Crippen molar-refractivity contribution in [2.75, 3.05) is 5.32 Å². The second-order valence-electron chi connectivity index (χ2n) is 7.74. The summed E-state index contributed by atoms with van der Waals surface area (Å²) >= 11 is 0.424. The van der Waals surface area contributed by atoms with Crippen LogP contribution in [0.2, 0.25) is 0 Å².